The van der Waals surface area contributed by atoms with Crippen LogP contribution in [0, 0.1) is 0 Å². The van der Waals surface area contributed by atoms with Crippen molar-refractivity contribution in [3.8, 4) is 0 Å². The van der Waals surface area contributed by atoms with Crippen LogP contribution in [-0.2, 0) is 113 Å². The van der Waals surface area contributed by atoms with Crippen molar-refractivity contribution in [2.24, 2.45) is 0 Å². The maximum atomic E-state index is 14.0. The quantitative estimate of drug-likeness (QED) is 0.201. The smallest absolute Gasteiger partial charge is 0.459 e. The Hall–Kier alpha value is -9.64. The first-order valence-electron chi connectivity index (χ1n) is 22.6. The number of rotatable bonds is 9. The molecule has 3 atom stereocenters. The van der Waals surface area contributed by atoms with Crippen LogP contribution in [0.15, 0.2) is 106 Å². The van der Waals surface area contributed by atoms with E-state index in [4.69, 9.17) is 55.9 Å². The number of carbonyl (C=O) groups is 12. The molecule has 0 spiro atoms. The molecule has 34 heteroatoms. The Labute approximate surface area is 428 Å². The molecule has 9 aliphatic heterocycles. The minimum atomic E-state index is -2.40. The SMILES string of the molecule is CCN1C=C(C2=CC(=O)OB(OC(=O)/C3=C/C(=O)OB4OC(=O)C=C(C(=O)O4)C4=CN(CC)C3N4C)OC2=O)N(C)C1C1=CC(=O)OB(OC(=O)/C2=C/C(=O)OB3OC(=O)C=C(C(=O)O3)C3=CN(CC)C2N3C)OC1=O. The predicted octanol–water partition coefficient (Wildman–Crippen LogP) is -3.61. The third-order valence-corrected chi connectivity index (χ3v) is 12.3. The lowest BCUT2D eigenvalue weighted by atomic mass is 10.1. The standard InChI is InChI=1S/C42H36B4N6O24/c1-7-50-16-25-19-10-28(53)65-43(71-37(19)59)67-31(56)13-22(34(50)47(25)4)40(62)74-45-69-30(55)12-21(39(61)73-45)27-18-52(9-3)36(49(27)6)24-15-33(58)70-46(76-42(24)64)75-41(63)23-14-32(57)68-44-66-29(54)11-20(38(60)72-44)26-17-51(8-2)35(23)48(26)5/h10-18,34-36H,7-9H2,1-6H3/b22-13+,23-14+. The predicted molar refractivity (Wildman–Crippen MR) is 241 cm³/mol. The van der Waals surface area contributed by atoms with Gasteiger partial charge in [0.25, 0.3) is 0 Å². The average molecular weight is 1050 g/mol. The summed E-state index contributed by atoms with van der Waals surface area (Å²) in [6.45, 7) is 5.26. The molecule has 0 aliphatic carbocycles. The summed E-state index contributed by atoms with van der Waals surface area (Å²) in [5.41, 5.74) is -2.61. The zero-order valence-electron chi connectivity index (χ0n) is 40.3. The fraction of sp³-hybridized carbons (Fsp3) is 0.286. The maximum Gasteiger partial charge on any atom is 0.870 e. The Morgan fingerprint density at radius 1 is 0.421 bits per heavy atom. The Bertz CT molecular complexity index is 3030. The van der Waals surface area contributed by atoms with E-state index >= 15 is 0 Å². The fourth-order valence-corrected chi connectivity index (χ4v) is 8.90. The first-order chi connectivity index (χ1) is 36.2. The molecule has 9 rings (SSSR count). The van der Waals surface area contributed by atoms with Crippen molar-refractivity contribution < 1.29 is 113 Å². The van der Waals surface area contributed by atoms with Gasteiger partial charge in [0.15, 0.2) is 0 Å². The van der Waals surface area contributed by atoms with Crippen molar-refractivity contribution in [3.63, 3.8) is 0 Å². The van der Waals surface area contributed by atoms with Gasteiger partial charge in [0.05, 0.1) is 50.5 Å². The van der Waals surface area contributed by atoms with E-state index in [0.29, 0.717) is 18.2 Å². The number of likely N-dealkylation sites (N-methyl/N-ethyl adjacent to an activating group) is 6. The molecule has 0 amide bonds. The molecule has 76 heavy (non-hydrogen) atoms. The van der Waals surface area contributed by atoms with Crippen LogP contribution in [0.25, 0.3) is 0 Å². The van der Waals surface area contributed by atoms with Gasteiger partial charge in [-0.1, -0.05) is 0 Å². The lowest BCUT2D eigenvalue weighted by Gasteiger charge is -2.32. The van der Waals surface area contributed by atoms with Gasteiger partial charge < -0.3 is 85.3 Å². The molecular weight excluding hydrogens is 1020 g/mol. The molecule has 390 valence electrons. The molecule has 0 saturated heterocycles. The number of carbonyl (C=O) groups excluding carboxylic acids is 12. The highest BCUT2D eigenvalue weighted by molar-refractivity contribution is 6.49. The molecule has 9 heterocycles. The molecule has 0 fully saturated rings. The van der Waals surface area contributed by atoms with E-state index in [-0.39, 0.29) is 47.9 Å². The van der Waals surface area contributed by atoms with Gasteiger partial charge in [0.1, 0.15) is 18.5 Å². The minimum Gasteiger partial charge on any atom is -0.459 e. The number of fused-ring (bicyclic) bond motifs is 12. The highest BCUT2D eigenvalue weighted by Gasteiger charge is 2.52. The summed E-state index contributed by atoms with van der Waals surface area (Å²) < 4.78 is 61.5. The second-order valence-electron chi connectivity index (χ2n) is 16.7. The lowest BCUT2D eigenvalue weighted by Crippen LogP contribution is -2.45. The fourth-order valence-electron chi connectivity index (χ4n) is 8.90. The Morgan fingerprint density at radius 2 is 0.737 bits per heavy atom. The Kier molecular flexibility index (Phi) is 13.5. The van der Waals surface area contributed by atoms with Crippen LogP contribution in [0.3, 0.4) is 0 Å². The van der Waals surface area contributed by atoms with E-state index in [1.807, 2.05) is 0 Å². The highest BCUT2D eigenvalue weighted by Crippen LogP contribution is 2.37. The van der Waals surface area contributed by atoms with Crippen molar-refractivity contribution >= 4 is 101 Å². The monoisotopic (exact) mass is 1050 g/mol. The van der Waals surface area contributed by atoms with Gasteiger partial charge in [-0.25, -0.2) is 57.5 Å². The van der Waals surface area contributed by atoms with Crippen molar-refractivity contribution in [2.75, 3.05) is 40.8 Å². The molecule has 0 aromatic carbocycles. The molecule has 0 aromatic heterocycles. The van der Waals surface area contributed by atoms with Crippen LogP contribution < -0.4 is 0 Å². The maximum absolute atomic E-state index is 14.0. The van der Waals surface area contributed by atoms with Crippen LogP contribution in [0.5, 0.6) is 0 Å². The second kappa shape index (κ2) is 20.0. The summed E-state index contributed by atoms with van der Waals surface area (Å²) in [5, 5.41) is 0. The van der Waals surface area contributed by atoms with Gasteiger partial charge in [-0.05, 0) is 20.8 Å². The summed E-state index contributed by atoms with van der Waals surface area (Å²) in [6.07, 6.45) is 4.64. The third kappa shape index (κ3) is 9.56. The van der Waals surface area contributed by atoms with Crippen LogP contribution >= 0.6 is 0 Å². The molecule has 8 bridgehead atoms. The zero-order valence-corrected chi connectivity index (χ0v) is 40.3. The molecule has 9 aliphatic rings. The van der Waals surface area contributed by atoms with Crippen LogP contribution in [0.4, 0.5) is 0 Å². The molecular formula is C42H36B4N6O24. The van der Waals surface area contributed by atoms with Crippen molar-refractivity contribution in [2.45, 2.75) is 39.3 Å². The largest absolute Gasteiger partial charge is 0.870 e. The van der Waals surface area contributed by atoms with Crippen LogP contribution in [-0.4, -0.2) is 190 Å². The summed E-state index contributed by atoms with van der Waals surface area (Å²) in [6, 6.07) is 0. The van der Waals surface area contributed by atoms with Crippen molar-refractivity contribution in [1.29, 1.82) is 0 Å². The topological polar surface area (TPSA) is 335 Å². The Morgan fingerprint density at radius 3 is 1.13 bits per heavy atom. The first kappa shape index (κ1) is 51.3. The Balaban J connectivity index is 0.897. The normalized spacial score (nSPS) is 25.1. The summed E-state index contributed by atoms with van der Waals surface area (Å²) in [7, 11) is -4.91. The van der Waals surface area contributed by atoms with Gasteiger partial charge in [-0.15, -0.1) is 0 Å². The lowest BCUT2D eigenvalue weighted by molar-refractivity contribution is -0.145. The van der Waals surface area contributed by atoms with E-state index in [0.717, 1.165) is 18.2 Å². The van der Waals surface area contributed by atoms with E-state index < -0.39 is 142 Å². The van der Waals surface area contributed by atoms with Crippen LogP contribution in [0.1, 0.15) is 20.8 Å². The number of nitrogens with zero attached hydrogens (tertiary/aromatic N) is 6. The van der Waals surface area contributed by atoms with E-state index in [9.17, 15) is 57.5 Å². The van der Waals surface area contributed by atoms with Gasteiger partial charge in [-0.3, -0.25) is 0 Å². The summed E-state index contributed by atoms with van der Waals surface area (Å²) in [4.78, 5) is 168. The van der Waals surface area contributed by atoms with Crippen molar-refractivity contribution in [3.05, 3.63) is 106 Å². The molecule has 0 radical (unpaired) electrons. The molecule has 0 saturated carbocycles. The number of hydrogen-bond donors (Lipinski definition) is 0. The summed E-state index contributed by atoms with van der Waals surface area (Å²) >= 11 is 0. The molecule has 0 aromatic rings. The van der Waals surface area contributed by atoms with Crippen molar-refractivity contribution in [1.82, 2.24) is 29.4 Å². The molecule has 0 N–H and O–H groups in total. The zero-order chi connectivity index (χ0) is 54.6. The van der Waals surface area contributed by atoms with Crippen LogP contribution in [0.2, 0.25) is 0 Å². The van der Waals surface area contributed by atoms with Gasteiger partial charge >= 0.3 is 101 Å². The third-order valence-electron chi connectivity index (χ3n) is 12.3. The van der Waals surface area contributed by atoms with Gasteiger partial charge in [0, 0.05) is 95.8 Å². The highest BCUT2D eigenvalue weighted by atomic mass is 16.8. The van der Waals surface area contributed by atoms with E-state index in [1.165, 1.54) is 69.1 Å². The minimum absolute atomic E-state index is 0.0523. The second-order valence-corrected chi connectivity index (χ2v) is 16.7. The van der Waals surface area contributed by atoms with Gasteiger partial charge in [-0.2, -0.15) is 0 Å². The molecule has 3 unspecified atom stereocenters. The first-order valence-corrected chi connectivity index (χ1v) is 22.6. The van der Waals surface area contributed by atoms with E-state index in [1.54, 1.807) is 20.8 Å². The number of hydrogen-bond acceptors (Lipinski definition) is 30. The summed E-state index contributed by atoms with van der Waals surface area (Å²) in [5.74, 6) is -15.0. The average Bonchev–Trinajstić information content (AvgIpc) is 3.81. The van der Waals surface area contributed by atoms with E-state index in [2.05, 4.69) is 0 Å². The van der Waals surface area contributed by atoms with Gasteiger partial charge in [0.2, 0.25) is 0 Å². The molecule has 30 nitrogen and oxygen atoms in total.